The molecule has 0 saturated carbocycles. The van der Waals surface area contributed by atoms with Gasteiger partial charge in [0.25, 0.3) is 5.91 Å². The van der Waals surface area contributed by atoms with E-state index in [4.69, 9.17) is 5.26 Å². The minimum absolute atomic E-state index is 0.190. The maximum absolute atomic E-state index is 11.7. The van der Waals surface area contributed by atoms with Gasteiger partial charge < -0.3 is 5.32 Å². The highest BCUT2D eigenvalue weighted by Crippen LogP contribution is 2.11. The van der Waals surface area contributed by atoms with Crippen molar-refractivity contribution in [1.29, 1.82) is 5.26 Å². The Morgan fingerprint density at radius 2 is 2.47 bits per heavy atom. The predicted molar refractivity (Wildman–Crippen MR) is 55.9 cm³/mol. The number of hydrogen-bond donors (Lipinski definition) is 1. The molecule has 0 spiro atoms. The van der Waals surface area contributed by atoms with E-state index < -0.39 is 0 Å². The molecule has 1 aromatic rings. The smallest absolute Gasteiger partial charge is 0.272 e. The highest BCUT2D eigenvalue weighted by molar-refractivity contribution is 9.10. The number of nitrogens with one attached hydrogen (secondary N) is 1. The molecule has 80 valence electrons. The molecule has 7 heteroatoms. The van der Waals surface area contributed by atoms with E-state index in [-0.39, 0.29) is 18.4 Å². The van der Waals surface area contributed by atoms with Gasteiger partial charge in [-0.3, -0.25) is 4.79 Å². The van der Waals surface area contributed by atoms with Gasteiger partial charge in [-0.1, -0.05) is 5.21 Å². The van der Waals surface area contributed by atoms with Crippen LogP contribution in [0.2, 0.25) is 0 Å². The fraction of sp³-hybridized carbons (Fsp3) is 0.500. The molecule has 15 heavy (non-hydrogen) atoms. The van der Waals surface area contributed by atoms with Gasteiger partial charge in [-0.05, 0) is 22.9 Å². The molecule has 1 atom stereocenters. The van der Waals surface area contributed by atoms with Crippen molar-refractivity contribution in [3.05, 3.63) is 10.3 Å². The van der Waals surface area contributed by atoms with E-state index in [1.54, 1.807) is 14.0 Å². The number of carbonyl (C=O) groups is 1. The molecule has 0 aromatic carbocycles. The monoisotopic (exact) mass is 271 g/mol. The van der Waals surface area contributed by atoms with Gasteiger partial charge in [-0.15, -0.1) is 5.10 Å². The second-order valence-corrected chi connectivity index (χ2v) is 3.84. The summed E-state index contributed by atoms with van der Waals surface area (Å²) < 4.78 is 1.77. The molecule has 0 aliphatic carbocycles. The zero-order chi connectivity index (χ0) is 11.4. The van der Waals surface area contributed by atoms with Gasteiger partial charge in [0.2, 0.25) is 0 Å². The molecule has 0 aliphatic heterocycles. The molecule has 1 unspecified atom stereocenters. The van der Waals surface area contributed by atoms with Crippen molar-refractivity contribution >= 4 is 21.8 Å². The third kappa shape index (κ3) is 2.76. The Bertz CT molecular complexity index is 388. The van der Waals surface area contributed by atoms with E-state index in [1.807, 2.05) is 6.07 Å². The lowest BCUT2D eigenvalue weighted by atomic mass is 10.2. The molecule has 0 fully saturated rings. The van der Waals surface area contributed by atoms with Crippen molar-refractivity contribution in [2.75, 3.05) is 0 Å². The first-order valence-corrected chi connectivity index (χ1v) is 5.08. The maximum atomic E-state index is 11.7. The van der Waals surface area contributed by atoms with E-state index in [9.17, 15) is 4.79 Å². The summed E-state index contributed by atoms with van der Waals surface area (Å²) in [4.78, 5) is 11.7. The molecule has 6 nitrogen and oxygen atoms in total. The third-order valence-corrected chi connectivity index (χ3v) is 2.31. The normalized spacial score (nSPS) is 11.9. The Balaban J connectivity index is 2.74. The van der Waals surface area contributed by atoms with Crippen LogP contribution >= 0.6 is 15.9 Å². The SMILES string of the molecule is CC(CC#N)NC(=O)c1c(Br)nnn1C. The van der Waals surface area contributed by atoms with E-state index in [0.717, 1.165) is 0 Å². The Morgan fingerprint density at radius 3 is 2.93 bits per heavy atom. The van der Waals surface area contributed by atoms with Gasteiger partial charge in [0.05, 0.1) is 12.5 Å². The number of nitrogens with zero attached hydrogens (tertiary/aromatic N) is 4. The number of aromatic nitrogens is 3. The van der Waals surface area contributed by atoms with Crippen LogP contribution in [0.1, 0.15) is 23.8 Å². The van der Waals surface area contributed by atoms with Crippen molar-refractivity contribution in [3.63, 3.8) is 0 Å². The molecular formula is C8H10BrN5O. The number of nitriles is 1. The molecule has 0 radical (unpaired) electrons. The minimum atomic E-state index is -0.294. The molecule has 1 rings (SSSR count). The summed E-state index contributed by atoms with van der Waals surface area (Å²) in [5.74, 6) is -0.294. The van der Waals surface area contributed by atoms with E-state index in [1.165, 1.54) is 4.68 Å². The maximum Gasteiger partial charge on any atom is 0.272 e. The van der Waals surface area contributed by atoms with Crippen LogP contribution < -0.4 is 5.32 Å². The Hall–Kier alpha value is -1.42. The van der Waals surface area contributed by atoms with Crippen LogP contribution in [0.5, 0.6) is 0 Å². The lowest BCUT2D eigenvalue weighted by Crippen LogP contribution is -2.33. The summed E-state index contributed by atoms with van der Waals surface area (Å²) >= 11 is 3.13. The van der Waals surface area contributed by atoms with Crippen LogP contribution in [-0.2, 0) is 7.05 Å². The largest absolute Gasteiger partial charge is 0.347 e. The van der Waals surface area contributed by atoms with Gasteiger partial charge in [0, 0.05) is 13.1 Å². The number of amides is 1. The Morgan fingerprint density at radius 1 is 1.80 bits per heavy atom. The lowest BCUT2D eigenvalue weighted by Gasteiger charge is -2.09. The minimum Gasteiger partial charge on any atom is -0.347 e. The zero-order valence-corrected chi connectivity index (χ0v) is 9.95. The summed E-state index contributed by atoms with van der Waals surface area (Å²) in [6.45, 7) is 1.76. The summed E-state index contributed by atoms with van der Waals surface area (Å²) in [6.07, 6.45) is 0.272. The van der Waals surface area contributed by atoms with E-state index in [0.29, 0.717) is 10.3 Å². The number of carbonyl (C=O) groups excluding carboxylic acids is 1. The Kier molecular flexibility index (Phi) is 3.80. The van der Waals surface area contributed by atoms with Crippen LogP contribution in [-0.4, -0.2) is 26.9 Å². The van der Waals surface area contributed by atoms with E-state index in [2.05, 4.69) is 31.6 Å². The first-order chi connectivity index (χ1) is 7.06. The first kappa shape index (κ1) is 11.7. The summed E-state index contributed by atoms with van der Waals surface area (Å²) in [6, 6.07) is 1.79. The fourth-order valence-electron chi connectivity index (χ4n) is 1.05. The number of rotatable bonds is 3. The van der Waals surface area contributed by atoms with Crippen LogP contribution in [0.3, 0.4) is 0 Å². The molecule has 0 bridgehead atoms. The van der Waals surface area contributed by atoms with Crippen molar-refractivity contribution in [2.24, 2.45) is 7.05 Å². The standard InChI is InChI=1S/C8H10BrN5O/c1-5(3-4-10)11-8(15)6-7(9)12-13-14(6)2/h5H,3H2,1-2H3,(H,11,15). The number of hydrogen-bond acceptors (Lipinski definition) is 4. The summed E-state index contributed by atoms with van der Waals surface area (Å²) in [5, 5.41) is 18.5. The van der Waals surface area contributed by atoms with Crippen LogP contribution in [0.25, 0.3) is 0 Å². The van der Waals surface area contributed by atoms with E-state index >= 15 is 0 Å². The predicted octanol–water partition coefficient (Wildman–Crippen LogP) is 0.610. The van der Waals surface area contributed by atoms with Gasteiger partial charge in [-0.2, -0.15) is 5.26 Å². The average Bonchev–Trinajstić information content (AvgIpc) is 2.46. The van der Waals surface area contributed by atoms with Gasteiger partial charge in [-0.25, -0.2) is 4.68 Å². The summed E-state index contributed by atoms with van der Waals surface area (Å²) in [7, 11) is 1.63. The highest BCUT2D eigenvalue weighted by Gasteiger charge is 2.18. The summed E-state index contributed by atoms with van der Waals surface area (Å²) in [5.41, 5.74) is 0.347. The Labute approximate surface area is 95.4 Å². The van der Waals surface area contributed by atoms with Crippen molar-refractivity contribution in [3.8, 4) is 6.07 Å². The second kappa shape index (κ2) is 4.89. The highest BCUT2D eigenvalue weighted by atomic mass is 79.9. The zero-order valence-electron chi connectivity index (χ0n) is 8.36. The third-order valence-electron chi connectivity index (χ3n) is 1.78. The molecule has 0 saturated heterocycles. The average molecular weight is 272 g/mol. The molecular weight excluding hydrogens is 262 g/mol. The second-order valence-electron chi connectivity index (χ2n) is 3.09. The number of halogens is 1. The van der Waals surface area contributed by atoms with Gasteiger partial charge >= 0.3 is 0 Å². The van der Waals surface area contributed by atoms with Crippen LogP contribution in [0, 0.1) is 11.3 Å². The molecule has 1 amide bonds. The first-order valence-electron chi connectivity index (χ1n) is 4.29. The van der Waals surface area contributed by atoms with Gasteiger partial charge in [0.1, 0.15) is 0 Å². The van der Waals surface area contributed by atoms with Gasteiger partial charge in [0.15, 0.2) is 10.3 Å². The molecule has 1 N–H and O–H groups in total. The van der Waals surface area contributed by atoms with Crippen molar-refractivity contribution in [2.45, 2.75) is 19.4 Å². The van der Waals surface area contributed by atoms with Crippen LogP contribution in [0.15, 0.2) is 4.60 Å². The number of aryl methyl sites for hydroxylation is 1. The molecule has 0 aliphatic rings. The quantitative estimate of drug-likeness (QED) is 0.873. The molecule has 1 aromatic heterocycles. The fourth-order valence-corrected chi connectivity index (χ4v) is 1.56. The van der Waals surface area contributed by atoms with Crippen LogP contribution in [0.4, 0.5) is 0 Å². The lowest BCUT2D eigenvalue weighted by molar-refractivity contribution is 0.0930. The topological polar surface area (TPSA) is 83.6 Å². The van der Waals surface area contributed by atoms with Crippen molar-refractivity contribution in [1.82, 2.24) is 20.3 Å². The van der Waals surface area contributed by atoms with Crippen molar-refractivity contribution < 1.29 is 4.79 Å². The molecule has 1 heterocycles.